The Bertz CT molecular complexity index is 2690. The first-order valence-corrected chi connectivity index (χ1v) is 24.2. The molecular formula is C48H60F4N6O4Si. The molecule has 3 aliphatic heterocycles. The number of hydrogen-bond acceptors (Lipinski definition) is 10. The van der Waals surface area contributed by atoms with Crippen molar-refractivity contribution in [3.8, 4) is 40.4 Å². The van der Waals surface area contributed by atoms with E-state index in [1.165, 1.54) is 24.3 Å². The largest absolute Gasteiger partial charge is 0.508 e. The highest BCUT2D eigenvalue weighted by atomic mass is 28.3. The number of nitrogens with zero attached hydrogens (tertiary/aromatic N) is 5. The molecule has 1 aliphatic carbocycles. The molecule has 4 fully saturated rings. The number of benzene rings is 2. The highest BCUT2D eigenvalue weighted by Crippen LogP contribution is 2.48. The zero-order chi connectivity index (χ0) is 50.0. The molecule has 2 aromatic heterocycles. The van der Waals surface area contributed by atoms with Crippen molar-refractivity contribution in [1.29, 1.82) is 0 Å². The smallest absolute Gasteiger partial charge is 0.319 e. The second-order valence-corrected chi connectivity index (χ2v) is 24.7. The predicted molar refractivity (Wildman–Crippen MR) is 241 cm³/mol. The molecule has 4 aliphatic rings. The Hall–Kier alpha value is -4.49. The van der Waals surface area contributed by atoms with Gasteiger partial charge in [0.25, 0.3) is 6.08 Å². The number of anilines is 1. The number of aromatic nitrogens is 3. The van der Waals surface area contributed by atoms with Gasteiger partial charge in [0.2, 0.25) is 5.88 Å². The number of hydrogen-bond donors (Lipinski definition) is 2. The molecular weight excluding hydrogens is 829 g/mol. The Labute approximate surface area is 377 Å². The fourth-order valence-electron chi connectivity index (χ4n) is 10.8. The number of methoxy groups -OCH3 is 2. The van der Waals surface area contributed by atoms with E-state index in [-0.39, 0.29) is 112 Å². The lowest BCUT2D eigenvalue weighted by Crippen LogP contribution is -2.61. The number of pyridine rings is 1. The summed E-state index contributed by atoms with van der Waals surface area (Å²) in [6, 6.07) is 4.86. The summed E-state index contributed by atoms with van der Waals surface area (Å²) in [5.74, 6) is 0.572. The van der Waals surface area contributed by atoms with Gasteiger partial charge in [-0.15, -0.1) is 5.54 Å². The molecule has 0 spiro atoms. The van der Waals surface area contributed by atoms with Crippen LogP contribution in [0.25, 0.3) is 32.9 Å². The molecule has 8 rings (SSSR count). The molecule has 2 aromatic carbocycles. The number of likely N-dealkylation sites (tertiary alicyclic amines) is 1. The molecule has 4 aromatic rings. The lowest BCUT2D eigenvalue weighted by Gasteiger charge is -2.41. The van der Waals surface area contributed by atoms with Crippen molar-refractivity contribution in [1.82, 2.24) is 25.2 Å². The lowest BCUT2D eigenvalue weighted by atomic mass is 9.95. The third-order valence-corrected chi connectivity index (χ3v) is 20.5. The van der Waals surface area contributed by atoms with E-state index in [0.717, 1.165) is 12.8 Å². The third kappa shape index (κ3) is 8.48. The summed E-state index contributed by atoms with van der Waals surface area (Å²) in [4.78, 5) is 17.9. The molecule has 0 radical (unpaired) electrons. The van der Waals surface area contributed by atoms with E-state index in [1.807, 2.05) is 0 Å². The molecule has 2 unspecified atom stereocenters. The number of ether oxygens (including phenoxy) is 3. The Morgan fingerprint density at radius 2 is 1.73 bits per heavy atom. The average molecular weight is 895 g/mol. The van der Waals surface area contributed by atoms with E-state index in [0.29, 0.717) is 37.9 Å². The number of phenolic OH excluding ortho intramolecular Hbond substituents is 1. The highest BCUT2D eigenvalue weighted by Gasteiger charge is 2.47. The van der Waals surface area contributed by atoms with Gasteiger partial charge in [-0.1, -0.05) is 53.5 Å². The van der Waals surface area contributed by atoms with Gasteiger partial charge in [-0.3, -0.25) is 0 Å². The van der Waals surface area contributed by atoms with Crippen LogP contribution in [0.2, 0.25) is 16.6 Å². The monoisotopic (exact) mass is 894 g/mol. The van der Waals surface area contributed by atoms with Crippen molar-refractivity contribution in [2.75, 3.05) is 64.9 Å². The second-order valence-electron chi connectivity index (χ2n) is 19.2. The van der Waals surface area contributed by atoms with Crippen LogP contribution in [-0.4, -0.2) is 105 Å². The van der Waals surface area contributed by atoms with Crippen molar-refractivity contribution in [2.24, 2.45) is 5.41 Å². The van der Waals surface area contributed by atoms with Gasteiger partial charge >= 0.3 is 6.01 Å². The van der Waals surface area contributed by atoms with Crippen LogP contribution in [0.5, 0.6) is 17.6 Å². The van der Waals surface area contributed by atoms with Gasteiger partial charge in [0.15, 0.2) is 5.82 Å². The quantitative estimate of drug-likeness (QED) is 0.0766. The van der Waals surface area contributed by atoms with E-state index < -0.39 is 62.5 Å². The summed E-state index contributed by atoms with van der Waals surface area (Å²) in [6.07, 6.45) is 1.62. The van der Waals surface area contributed by atoms with Crippen LogP contribution in [0.4, 0.5) is 23.4 Å². The number of fused-ring (bicyclic) bond motifs is 4. The van der Waals surface area contributed by atoms with Gasteiger partial charge in [-0.25, -0.2) is 13.8 Å². The summed E-state index contributed by atoms with van der Waals surface area (Å²) in [5, 5.41) is 14.9. The first-order valence-electron chi connectivity index (χ1n) is 25.0. The van der Waals surface area contributed by atoms with E-state index in [9.17, 15) is 13.9 Å². The number of rotatable bonds is 13. The van der Waals surface area contributed by atoms with Gasteiger partial charge in [0.05, 0.1) is 39.6 Å². The van der Waals surface area contributed by atoms with Crippen molar-refractivity contribution >= 4 is 35.6 Å². The van der Waals surface area contributed by atoms with Crippen LogP contribution in [0.15, 0.2) is 35.9 Å². The molecule has 15 heteroatoms. The number of piperidine rings is 1. The van der Waals surface area contributed by atoms with Gasteiger partial charge in [-0.05, 0) is 84.3 Å². The topological polar surface area (TPSA) is 105 Å². The fourth-order valence-corrected chi connectivity index (χ4v) is 16.0. The molecule has 10 nitrogen and oxygen atoms in total. The number of phenols is 1. The lowest BCUT2D eigenvalue weighted by molar-refractivity contribution is 0.114. The summed E-state index contributed by atoms with van der Waals surface area (Å²) in [5.41, 5.74) is 1.99. The molecule has 63 heavy (non-hydrogen) atoms. The number of nitrogens with one attached hydrogen (secondary N) is 1. The minimum Gasteiger partial charge on any atom is -0.508 e. The molecule has 3 saturated heterocycles. The highest BCUT2D eigenvalue weighted by molar-refractivity contribution is 6.90. The Morgan fingerprint density at radius 3 is 2.40 bits per heavy atom. The minimum absolute atomic E-state index is 0.0167. The number of halogens is 4. The minimum atomic E-state index is -3.14. The van der Waals surface area contributed by atoms with Crippen LogP contribution in [0.1, 0.15) is 93.9 Å². The maximum atomic E-state index is 18.1. The Morgan fingerprint density at radius 1 is 0.984 bits per heavy atom. The SMILES string of the molecule is [2H]C([2H])([2H])OCC12CCC(CN(c3nc(OCC4(CN5CCC(=C(F)F)CC5)CC4)nc4c(F)c(-c5cc(O)cc6ccc(F)c(C#C[Si](C(C)C)(C(C)C)C(C)C)c56)nc(OC([2H])([2H])[2H])c34)C1)N2. The summed E-state index contributed by atoms with van der Waals surface area (Å²) in [6.45, 7) is 14.5. The van der Waals surface area contributed by atoms with Crippen LogP contribution in [-0.2, 0) is 4.74 Å². The maximum Gasteiger partial charge on any atom is 0.319 e. The van der Waals surface area contributed by atoms with Crippen LogP contribution < -0.4 is 19.7 Å². The molecule has 2 bridgehead atoms. The van der Waals surface area contributed by atoms with Gasteiger partial charge in [-0.2, -0.15) is 18.7 Å². The predicted octanol–water partition coefficient (Wildman–Crippen LogP) is 9.77. The van der Waals surface area contributed by atoms with Crippen LogP contribution >= 0.6 is 0 Å². The normalized spacial score (nSPS) is 23.0. The number of aromatic hydroxyl groups is 1. The van der Waals surface area contributed by atoms with Crippen molar-refractivity contribution in [3.05, 3.63) is 53.1 Å². The molecule has 2 atom stereocenters. The molecule has 5 heterocycles. The average Bonchev–Trinajstić information content (AvgIpc) is 3.96. The summed E-state index contributed by atoms with van der Waals surface area (Å²) < 4.78 is 126. The maximum absolute atomic E-state index is 18.1. The third-order valence-electron chi connectivity index (χ3n) is 14.2. The van der Waals surface area contributed by atoms with Gasteiger partial charge in [0.1, 0.15) is 42.1 Å². The summed E-state index contributed by atoms with van der Waals surface area (Å²) in [7, 11) is -8.29. The van der Waals surface area contributed by atoms with E-state index in [4.69, 9.17) is 27.4 Å². The van der Waals surface area contributed by atoms with Crippen LogP contribution in [0, 0.1) is 28.5 Å². The number of piperazine rings is 1. The van der Waals surface area contributed by atoms with Gasteiger partial charge < -0.3 is 34.4 Å². The van der Waals surface area contributed by atoms with Crippen molar-refractivity contribution in [3.63, 3.8) is 0 Å². The zero-order valence-electron chi connectivity index (χ0n) is 42.7. The Balaban J connectivity index is 1.31. The summed E-state index contributed by atoms with van der Waals surface area (Å²) >= 11 is 0. The van der Waals surface area contributed by atoms with Gasteiger partial charge in [0, 0.05) is 62.2 Å². The van der Waals surface area contributed by atoms with Crippen molar-refractivity contribution in [2.45, 2.75) is 108 Å². The molecule has 2 N–H and O–H groups in total. The fraction of sp³-hybridized carbons (Fsp3) is 0.562. The van der Waals surface area contributed by atoms with Crippen molar-refractivity contribution < 1.29 is 45.1 Å². The van der Waals surface area contributed by atoms with E-state index in [2.05, 4.69) is 73.2 Å². The first kappa shape index (κ1) is 37.8. The molecule has 0 amide bonds. The molecule has 1 saturated carbocycles. The first-order chi connectivity index (χ1) is 32.3. The van der Waals surface area contributed by atoms with E-state index in [1.54, 1.807) is 4.90 Å². The second kappa shape index (κ2) is 17.5. The standard InChI is InChI=1S/C48H60F4N6O4Si/c1-28(2)63(29(3)4,30(5)6)20-14-35-37(49)10-9-32-21-34(59)22-36(38(32)35)41-40(50)42-39(45(53-41)61-8)44(58-23-33-11-15-48(25-58,56-33)27-60-7)55-46(54-42)62-26-47(16-17-47)24-57-18-12-31(13-19-57)43(51)52/h9-10,21-22,28-30,33,56,59H,11-13,15-19,23-27H2,1-8H3/i7D3,8D3. The Kier molecular flexibility index (Phi) is 10.5. The zero-order valence-corrected chi connectivity index (χ0v) is 37.7. The molecule has 338 valence electrons. The van der Waals surface area contributed by atoms with E-state index >= 15 is 8.78 Å². The van der Waals surface area contributed by atoms with Crippen LogP contribution in [0.3, 0.4) is 0 Å².